The predicted molar refractivity (Wildman–Crippen MR) is 139 cm³/mol. The van der Waals surface area contributed by atoms with Crippen molar-refractivity contribution in [2.24, 2.45) is 0 Å². The highest BCUT2D eigenvalue weighted by Crippen LogP contribution is 2.31. The molecule has 2 amide bonds. The van der Waals surface area contributed by atoms with Gasteiger partial charge in [-0.25, -0.2) is 17.9 Å². The lowest BCUT2D eigenvalue weighted by molar-refractivity contribution is 0.0203. The Morgan fingerprint density at radius 3 is 2.17 bits per heavy atom. The van der Waals surface area contributed by atoms with Gasteiger partial charge in [0, 0.05) is 30.7 Å². The Bertz CT molecular complexity index is 1070. The van der Waals surface area contributed by atoms with Crippen LogP contribution in [0.1, 0.15) is 100 Å². The van der Waals surface area contributed by atoms with Gasteiger partial charge < -0.3 is 15.0 Å². The summed E-state index contributed by atoms with van der Waals surface area (Å²) < 4.78 is 35.2. The van der Waals surface area contributed by atoms with E-state index in [4.69, 9.17) is 4.74 Å². The molecule has 0 radical (unpaired) electrons. The number of carbonyl (C=O) groups excluding carboxylic acids is 2. The highest BCUT2D eigenvalue weighted by molar-refractivity contribution is 7.89. The molecule has 0 bridgehead atoms. The molecule has 0 aromatic heterocycles. The number of piperidine rings is 1. The Morgan fingerprint density at radius 1 is 0.889 bits per heavy atom. The van der Waals surface area contributed by atoms with Crippen molar-refractivity contribution in [2.45, 2.75) is 114 Å². The fourth-order valence-corrected chi connectivity index (χ4v) is 7.20. The molecule has 1 saturated heterocycles. The van der Waals surface area contributed by atoms with E-state index in [1.807, 2.05) is 20.8 Å². The lowest BCUT2D eigenvalue weighted by atomic mass is 9.87. The quantitative estimate of drug-likeness (QED) is 0.603. The van der Waals surface area contributed by atoms with Crippen LogP contribution in [0.4, 0.5) is 4.79 Å². The van der Waals surface area contributed by atoms with Gasteiger partial charge >= 0.3 is 6.09 Å². The monoisotopic (exact) mass is 519 g/mol. The summed E-state index contributed by atoms with van der Waals surface area (Å²) in [5, 5.41) is 3.19. The molecule has 1 heterocycles. The number of likely N-dealkylation sites (tertiary alicyclic amines) is 1. The van der Waals surface area contributed by atoms with Crippen LogP contribution >= 0.6 is 0 Å². The predicted octanol–water partition coefficient (Wildman–Crippen LogP) is 4.31. The minimum absolute atomic E-state index is 0.0773. The number of benzene rings is 1. The van der Waals surface area contributed by atoms with Gasteiger partial charge in [-0.1, -0.05) is 19.3 Å². The van der Waals surface area contributed by atoms with Crippen LogP contribution in [0, 0.1) is 0 Å². The van der Waals surface area contributed by atoms with Crippen LogP contribution in [0.5, 0.6) is 0 Å². The number of hydrogen-bond acceptors (Lipinski definition) is 5. The van der Waals surface area contributed by atoms with Crippen molar-refractivity contribution in [3.63, 3.8) is 0 Å². The summed E-state index contributed by atoms with van der Waals surface area (Å²) in [4.78, 5) is 27.4. The second-order valence-electron chi connectivity index (χ2n) is 11.4. The highest BCUT2D eigenvalue weighted by atomic mass is 32.2. The second kappa shape index (κ2) is 11.1. The van der Waals surface area contributed by atoms with Crippen LogP contribution in [0.3, 0.4) is 0 Å². The molecule has 8 nitrogen and oxygen atoms in total. The summed E-state index contributed by atoms with van der Waals surface area (Å²) in [6, 6.07) is 3.27. The van der Waals surface area contributed by atoms with E-state index in [2.05, 4.69) is 10.0 Å². The number of nitrogens with zero attached hydrogens (tertiary/aromatic N) is 1. The van der Waals surface area contributed by atoms with Crippen molar-refractivity contribution in [3.8, 4) is 0 Å². The average Bonchev–Trinajstić information content (AvgIpc) is 2.83. The molecule has 3 aliphatic rings. The molecule has 4 rings (SSSR count). The largest absolute Gasteiger partial charge is 0.444 e. The van der Waals surface area contributed by atoms with Crippen molar-refractivity contribution in [3.05, 3.63) is 28.8 Å². The Labute approximate surface area is 215 Å². The summed E-state index contributed by atoms with van der Waals surface area (Å²) in [6.45, 7) is 6.38. The van der Waals surface area contributed by atoms with Crippen molar-refractivity contribution in [2.75, 3.05) is 13.1 Å². The topological polar surface area (TPSA) is 105 Å². The number of amides is 2. The SMILES string of the molecule is CC(C)(C)OC(=O)N1CCC(NS(=O)(=O)c2ccc(C(=O)NC3CCCCC3)c3c2CCCC3)CC1. The third kappa shape index (κ3) is 6.59. The zero-order valence-corrected chi connectivity index (χ0v) is 22.7. The van der Waals surface area contributed by atoms with Gasteiger partial charge in [0.15, 0.2) is 0 Å². The molecule has 200 valence electrons. The fraction of sp³-hybridized carbons (Fsp3) is 0.704. The molecular formula is C27H41N3O5S. The number of rotatable bonds is 5. The normalized spacial score (nSPS) is 20.0. The molecule has 2 fully saturated rings. The van der Waals surface area contributed by atoms with E-state index in [1.165, 1.54) is 6.42 Å². The molecule has 1 aliphatic heterocycles. The number of ether oxygens (including phenoxy) is 1. The van der Waals surface area contributed by atoms with Gasteiger partial charge in [-0.2, -0.15) is 0 Å². The van der Waals surface area contributed by atoms with Crippen LogP contribution < -0.4 is 10.0 Å². The minimum Gasteiger partial charge on any atom is -0.444 e. The Balaban J connectivity index is 1.45. The maximum absolute atomic E-state index is 13.5. The molecule has 0 spiro atoms. The zero-order chi connectivity index (χ0) is 25.9. The molecule has 2 N–H and O–H groups in total. The van der Waals surface area contributed by atoms with E-state index in [0.29, 0.717) is 42.8 Å². The summed E-state index contributed by atoms with van der Waals surface area (Å²) in [7, 11) is -3.75. The molecule has 9 heteroatoms. The van der Waals surface area contributed by atoms with Crippen molar-refractivity contribution in [1.82, 2.24) is 14.9 Å². The average molecular weight is 520 g/mol. The standard InChI is InChI=1S/C27H41N3O5S/c1-27(2,3)35-26(32)30-17-15-20(16-18-30)29-36(33,34)24-14-13-23(21-11-7-8-12-22(21)24)25(31)28-19-9-5-4-6-10-19/h13-14,19-20,29H,4-12,15-18H2,1-3H3,(H,28,31). The van der Waals surface area contributed by atoms with E-state index in [1.54, 1.807) is 17.0 Å². The van der Waals surface area contributed by atoms with Crippen molar-refractivity contribution in [1.29, 1.82) is 0 Å². The first-order valence-electron chi connectivity index (χ1n) is 13.5. The minimum atomic E-state index is -3.75. The van der Waals surface area contributed by atoms with Crippen molar-refractivity contribution < 1.29 is 22.7 Å². The highest BCUT2D eigenvalue weighted by Gasteiger charge is 2.32. The molecule has 1 aromatic carbocycles. The van der Waals surface area contributed by atoms with Crippen molar-refractivity contribution >= 4 is 22.0 Å². The molecule has 1 saturated carbocycles. The van der Waals surface area contributed by atoms with Crippen LogP contribution in [0.15, 0.2) is 17.0 Å². The summed E-state index contributed by atoms with van der Waals surface area (Å²) in [6.07, 6.45) is 9.48. The first-order valence-corrected chi connectivity index (χ1v) is 15.0. The lowest BCUT2D eigenvalue weighted by Crippen LogP contribution is -2.47. The third-order valence-electron chi connectivity index (χ3n) is 7.43. The van der Waals surface area contributed by atoms with Gasteiger partial charge in [0.05, 0.1) is 4.90 Å². The van der Waals surface area contributed by atoms with E-state index >= 15 is 0 Å². The zero-order valence-electron chi connectivity index (χ0n) is 21.9. The number of fused-ring (bicyclic) bond motifs is 1. The van der Waals surface area contributed by atoms with E-state index in [9.17, 15) is 18.0 Å². The van der Waals surface area contributed by atoms with Crippen LogP contribution in [0.25, 0.3) is 0 Å². The maximum atomic E-state index is 13.5. The number of nitrogens with one attached hydrogen (secondary N) is 2. The smallest absolute Gasteiger partial charge is 0.410 e. The summed E-state index contributed by atoms with van der Waals surface area (Å²) in [5.74, 6) is -0.0773. The molecule has 0 atom stereocenters. The van der Waals surface area contributed by atoms with Gasteiger partial charge in [0.1, 0.15) is 5.60 Å². The number of hydrogen-bond donors (Lipinski definition) is 2. The molecule has 2 aliphatic carbocycles. The van der Waals surface area contributed by atoms with Gasteiger partial charge in [0.2, 0.25) is 10.0 Å². The lowest BCUT2D eigenvalue weighted by Gasteiger charge is -2.33. The first-order chi connectivity index (χ1) is 17.0. The maximum Gasteiger partial charge on any atom is 0.410 e. The van der Waals surface area contributed by atoms with E-state index in [-0.39, 0.29) is 24.1 Å². The fourth-order valence-electron chi connectivity index (χ4n) is 5.60. The third-order valence-corrected chi connectivity index (χ3v) is 9.04. The Morgan fingerprint density at radius 2 is 1.53 bits per heavy atom. The Kier molecular flexibility index (Phi) is 8.29. The van der Waals surface area contributed by atoms with Gasteiger partial charge in [0.25, 0.3) is 5.91 Å². The second-order valence-corrected chi connectivity index (χ2v) is 13.1. The van der Waals surface area contributed by atoms with E-state index < -0.39 is 15.6 Å². The van der Waals surface area contributed by atoms with E-state index in [0.717, 1.165) is 56.1 Å². The Hall–Kier alpha value is -2.13. The van der Waals surface area contributed by atoms with Gasteiger partial charge in [-0.15, -0.1) is 0 Å². The molecular weight excluding hydrogens is 478 g/mol. The van der Waals surface area contributed by atoms with Crippen LogP contribution in [-0.2, 0) is 27.6 Å². The van der Waals surface area contributed by atoms with Gasteiger partial charge in [-0.05, 0) is 95.4 Å². The molecule has 0 unspecified atom stereocenters. The summed E-state index contributed by atoms with van der Waals surface area (Å²) in [5.41, 5.74) is 1.74. The molecule has 36 heavy (non-hydrogen) atoms. The van der Waals surface area contributed by atoms with Crippen LogP contribution in [0.2, 0.25) is 0 Å². The summed E-state index contributed by atoms with van der Waals surface area (Å²) >= 11 is 0. The number of sulfonamides is 1. The number of carbonyl (C=O) groups is 2. The van der Waals surface area contributed by atoms with Crippen LogP contribution in [-0.4, -0.2) is 56.1 Å². The first kappa shape index (κ1) is 26.9. The molecule has 1 aromatic rings. The van der Waals surface area contributed by atoms with Gasteiger partial charge in [-0.3, -0.25) is 4.79 Å².